The van der Waals surface area contributed by atoms with Crippen LogP contribution in [0.15, 0.2) is 40.9 Å². The maximum absolute atomic E-state index is 12.2. The fourth-order valence-corrected chi connectivity index (χ4v) is 2.08. The Bertz CT molecular complexity index is 656. The molecular formula is C15H14BrNO3. The van der Waals surface area contributed by atoms with Crippen molar-refractivity contribution in [1.29, 1.82) is 0 Å². The largest absolute Gasteiger partial charge is 0.507 e. The third-order valence-corrected chi connectivity index (χ3v) is 3.76. The molecule has 0 unspecified atom stereocenters. The molecule has 2 aromatic carbocycles. The first kappa shape index (κ1) is 14.4. The van der Waals surface area contributed by atoms with E-state index in [-0.39, 0.29) is 11.3 Å². The van der Waals surface area contributed by atoms with E-state index in [0.717, 1.165) is 10.0 Å². The lowest BCUT2D eigenvalue weighted by Crippen LogP contribution is -2.13. The van der Waals surface area contributed by atoms with Gasteiger partial charge in [0.25, 0.3) is 5.91 Å². The van der Waals surface area contributed by atoms with E-state index < -0.39 is 5.91 Å². The number of rotatable bonds is 3. The number of nitrogens with one attached hydrogen (secondary N) is 1. The molecule has 1 amide bonds. The fourth-order valence-electron chi connectivity index (χ4n) is 1.83. The van der Waals surface area contributed by atoms with Gasteiger partial charge < -0.3 is 15.2 Å². The summed E-state index contributed by atoms with van der Waals surface area (Å²) in [7, 11) is 1.45. The van der Waals surface area contributed by atoms with Crippen LogP contribution < -0.4 is 10.1 Å². The molecule has 0 aliphatic heterocycles. The first-order valence-corrected chi connectivity index (χ1v) is 6.75. The number of benzene rings is 2. The van der Waals surface area contributed by atoms with Crippen LogP contribution in [-0.2, 0) is 0 Å². The van der Waals surface area contributed by atoms with Crippen molar-refractivity contribution < 1.29 is 14.6 Å². The topological polar surface area (TPSA) is 58.6 Å². The molecule has 0 radical (unpaired) electrons. The van der Waals surface area contributed by atoms with Crippen molar-refractivity contribution in [3.8, 4) is 11.5 Å². The Balaban J connectivity index is 2.30. The Kier molecular flexibility index (Phi) is 4.29. The number of halogens is 1. The minimum Gasteiger partial charge on any atom is -0.507 e. The maximum Gasteiger partial charge on any atom is 0.263 e. The van der Waals surface area contributed by atoms with E-state index >= 15 is 0 Å². The number of hydrogen-bond acceptors (Lipinski definition) is 3. The average molecular weight is 336 g/mol. The van der Waals surface area contributed by atoms with E-state index in [9.17, 15) is 9.90 Å². The summed E-state index contributed by atoms with van der Waals surface area (Å²) < 4.78 is 6.07. The molecule has 0 atom stereocenters. The summed E-state index contributed by atoms with van der Waals surface area (Å²) in [4.78, 5) is 12.2. The molecule has 0 saturated carbocycles. The molecule has 2 aromatic rings. The fraction of sp³-hybridized carbons (Fsp3) is 0.133. The number of phenols is 1. The van der Waals surface area contributed by atoms with Gasteiger partial charge in [0.15, 0.2) is 0 Å². The van der Waals surface area contributed by atoms with Gasteiger partial charge in [-0.25, -0.2) is 0 Å². The van der Waals surface area contributed by atoms with Crippen LogP contribution in [0.3, 0.4) is 0 Å². The number of carbonyl (C=O) groups is 1. The van der Waals surface area contributed by atoms with Crippen molar-refractivity contribution in [1.82, 2.24) is 0 Å². The molecule has 0 aliphatic rings. The summed E-state index contributed by atoms with van der Waals surface area (Å²) in [5, 5.41) is 12.6. The van der Waals surface area contributed by atoms with Crippen LogP contribution in [0, 0.1) is 6.92 Å². The highest BCUT2D eigenvalue weighted by Gasteiger charge is 2.17. The SMILES string of the molecule is COc1cccc(O)c1C(=O)Nc1ccc(Br)c(C)c1. The molecule has 5 heteroatoms. The summed E-state index contributed by atoms with van der Waals surface area (Å²) in [5.41, 5.74) is 1.78. The number of anilines is 1. The molecular weight excluding hydrogens is 322 g/mol. The van der Waals surface area contributed by atoms with Gasteiger partial charge in [-0.05, 0) is 42.8 Å². The van der Waals surface area contributed by atoms with Gasteiger partial charge in [0.05, 0.1) is 7.11 Å². The van der Waals surface area contributed by atoms with Gasteiger partial charge in [-0.15, -0.1) is 0 Å². The van der Waals surface area contributed by atoms with Gasteiger partial charge in [-0.3, -0.25) is 4.79 Å². The Morgan fingerprint density at radius 3 is 2.70 bits per heavy atom. The molecule has 20 heavy (non-hydrogen) atoms. The summed E-state index contributed by atoms with van der Waals surface area (Å²) in [6, 6.07) is 10.2. The second kappa shape index (κ2) is 5.96. The van der Waals surface area contributed by atoms with E-state index in [2.05, 4.69) is 21.2 Å². The number of carbonyl (C=O) groups excluding carboxylic acids is 1. The van der Waals surface area contributed by atoms with Crippen LogP contribution in [-0.4, -0.2) is 18.1 Å². The lowest BCUT2D eigenvalue weighted by Gasteiger charge is -2.11. The highest BCUT2D eigenvalue weighted by molar-refractivity contribution is 9.10. The van der Waals surface area contributed by atoms with Gasteiger partial charge in [-0.2, -0.15) is 0 Å². The molecule has 2 rings (SSSR count). The Morgan fingerprint density at radius 1 is 1.30 bits per heavy atom. The van der Waals surface area contributed by atoms with Crippen LogP contribution in [0.4, 0.5) is 5.69 Å². The second-order valence-corrected chi connectivity index (χ2v) is 5.13. The Hall–Kier alpha value is -2.01. The molecule has 0 aliphatic carbocycles. The van der Waals surface area contributed by atoms with Crippen LogP contribution in [0.25, 0.3) is 0 Å². The summed E-state index contributed by atoms with van der Waals surface area (Å²) in [5.74, 6) is -0.200. The maximum atomic E-state index is 12.2. The van der Waals surface area contributed by atoms with Gasteiger partial charge in [0, 0.05) is 10.2 Å². The lowest BCUT2D eigenvalue weighted by molar-refractivity contribution is 0.102. The number of aromatic hydroxyl groups is 1. The first-order chi connectivity index (χ1) is 9.52. The highest BCUT2D eigenvalue weighted by Crippen LogP contribution is 2.28. The normalized spacial score (nSPS) is 10.2. The number of phenolic OH excluding ortho intramolecular Hbond substituents is 1. The number of methoxy groups -OCH3 is 1. The standard InChI is InChI=1S/C15H14BrNO3/c1-9-8-10(6-7-11(9)16)17-15(19)14-12(18)4-3-5-13(14)20-2/h3-8,18H,1-2H3,(H,17,19). The van der Waals surface area contributed by atoms with Crippen molar-refractivity contribution in [2.75, 3.05) is 12.4 Å². The van der Waals surface area contributed by atoms with Crippen molar-refractivity contribution in [3.05, 3.63) is 52.0 Å². The van der Waals surface area contributed by atoms with E-state index in [4.69, 9.17) is 4.74 Å². The summed E-state index contributed by atoms with van der Waals surface area (Å²) in [6.45, 7) is 1.93. The van der Waals surface area contributed by atoms with Crippen LogP contribution in [0.2, 0.25) is 0 Å². The first-order valence-electron chi connectivity index (χ1n) is 5.96. The summed E-state index contributed by atoms with van der Waals surface area (Å²) >= 11 is 3.40. The molecule has 4 nitrogen and oxygen atoms in total. The third kappa shape index (κ3) is 2.93. The van der Waals surface area contributed by atoms with Gasteiger partial charge >= 0.3 is 0 Å². The van der Waals surface area contributed by atoms with Crippen molar-refractivity contribution >= 4 is 27.5 Å². The smallest absolute Gasteiger partial charge is 0.263 e. The van der Waals surface area contributed by atoms with E-state index in [1.165, 1.54) is 13.2 Å². The third-order valence-electron chi connectivity index (χ3n) is 2.87. The molecule has 0 saturated heterocycles. The summed E-state index contributed by atoms with van der Waals surface area (Å²) in [6.07, 6.45) is 0. The average Bonchev–Trinajstić information content (AvgIpc) is 2.42. The molecule has 0 heterocycles. The van der Waals surface area contributed by atoms with Crippen LogP contribution in [0.1, 0.15) is 15.9 Å². The molecule has 0 fully saturated rings. The van der Waals surface area contributed by atoms with Gasteiger partial charge in [0.2, 0.25) is 0 Å². The molecule has 0 aromatic heterocycles. The molecule has 0 spiro atoms. The predicted molar refractivity (Wildman–Crippen MR) is 81.5 cm³/mol. The zero-order chi connectivity index (χ0) is 14.7. The van der Waals surface area contributed by atoms with Crippen LogP contribution >= 0.6 is 15.9 Å². The van der Waals surface area contributed by atoms with E-state index in [1.807, 2.05) is 19.1 Å². The van der Waals surface area contributed by atoms with Gasteiger partial charge in [0.1, 0.15) is 17.1 Å². The predicted octanol–water partition coefficient (Wildman–Crippen LogP) is 3.72. The Labute approximate surface area is 125 Å². The number of amides is 1. The van der Waals surface area contributed by atoms with Gasteiger partial charge in [-0.1, -0.05) is 22.0 Å². The Morgan fingerprint density at radius 2 is 2.05 bits per heavy atom. The second-order valence-electron chi connectivity index (χ2n) is 4.27. The lowest BCUT2D eigenvalue weighted by atomic mass is 10.1. The van der Waals surface area contributed by atoms with E-state index in [1.54, 1.807) is 18.2 Å². The van der Waals surface area contributed by atoms with Crippen molar-refractivity contribution in [2.45, 2.75) is 6.92 Å². The monoisotopic (exact) mass is 335 g/mol. The molecule has 104 valence electrons. The van der Waals surface area contributed by atoms with Crippen molar-refractivity contribution in [3.63, 3.8) is 0 Å². The number of hydrogen-bond donors (Lipinski definition) is 2. The number of aryl methyl sites for hydroxylation is 1. The van der Waals surface area contributed by atoms with E-state index in [0.29, 0.717) is 11.4 Å². The molecule has 0 bridgehead atoms. The minimum absolute atomic E-state index is 0.115. The minimum atomic E-state index is -0.415. The highest BCUT2D eigenvalue weighted by atomic mass is 79.9. The van der Waals surface area contributed by atoms with Crippen molar-refractivity contribution in [2.24, 2.45) is 0 Å². The van der Waals surface area contributed by atoms with Crippen LogP contribution in [0.5, 0.6) is 11.5 Å². The number of ether oxygens (including phenoxy) is 1. The zero-order valence-corrected chi connectivity index (χ0v) is 12.7. The zero-order valence-electron chi connectivity index (χ0n) is 11.1. The quantitative estimate of drug-likeness (QED) is 0.898. The molecule has 2 N–H and O–H groups in total.